The van der Waals surface area contributed by atoms with Gasteiger partial charge in [-0.3, -0.25) is 20.4 Å². The second kappa shape index (κ2) is 7.71. The third-order valence-electron chi connectivity index (χ3n) is 2.94. The molecule has 2 aromatic rings. The molecule has 2 aromatic heterocycles. The van der Waals surface area contributed by atoms with E-state index in [9.17, 15) is 9.59 Å². The maximum absolute atomic E-state index is 11.7. The fourth-order valence-corrected chi connectivity index (χ4v) is 2.52. The number of thiazole rings is 1. The van der Waals surface area contributed by atoms with Gasteiger partial charge in [0.05, 0.1) is 23.5 Å². The molecule has 2 amide bonds. The van der Waals surface area contributed by atoms with Crippen molar-refractivity contribution in [2.75, 3.05) is 6.54 Å². The largest absolute Gasteiger partial charge is 0.459 e. The molecule has 0 fully saturated rings. The van der Waals surface area contributed by atoms with Crippen molar-refractivity contribution in [1.29, 1.82) is 0 Å². The highest BCUT2D eigenvalue weighted by Crippen LogP contribution is 2.16. The Hall–Kier alpha value is -2.19. The highest BCUT2D eigenvalue weighted by atomic mass is 32.1. The first-order chi connectivity index (χ1) is 10.6. The maximum Gasteiger partial charge on any atom is 0.305 e. The molecule has 1 atom stereocenters. The smallest absolute Gasteiger partial charge is 0.305 e. The van der Waals surface area contributed by atoms with Crippen molar-refractivity contribution in [3.63, 3.8) is 0 Å². The van der Waals surface area contributed by atoms with E-state index in [1.54, 1.807) is 17.4 Å². The lowest BCUT2D eigenvalue weighted by atomic mass is 10.2. The molecule has 3 N–H and O–H groups in total. The second-order valence-electron chi connectivity index (χ2n) is 4.60. The zero-order chi connectivity index (χ0) is 15.9. The van der Waals surface area contributed by atoms with Gasteiger partial charge in [0.15, 0.2) is 5.76 Å². The summed E-state index contributed by atoms with van der Waals surface area (Å²) >= 11 is 1.61. The average molecular weight is 322 g/mol. The number of nitrogens with one attached hydrogen (secondary N) is 3. The minimum atomic E-state index is -0.501. The number of furan rings is 1. The Labute approximate surface area is 132 Å². The second-order valence-corrected chi connectivity index (χ2v) is 5.54. The summed E-state index contributed by atoms with van der Waals surface area (Å²) in [6, 6.07) is 3.07. The quantitative estimate of drug-likeness (QED) is 0.699. The number of aryl methyl sites for hydroxylation is 1. The van der Waals surface area contributed by atoms with Crippen molar-refractivity contribution in [2.45, 2.75) is 26.3 Å². The molecule has 0 aliphatic carbocycles. The Balaban J connectivity index is 1.72. The molecule has 22 heavy (non-hydrogen) atoms. The number of rotatable bonds is 6. The number of aromatic nitrogens is 1. The Morgan fingerprint density at radius 2 is 2.23 bits per heavy atom. The summed E-state index contributed by atoms with van der Waals surface area (Å²) in [5, 5.41) is 6.10. The van der Waals surface area contributed by atoms with Crippen molar-refractivity contribution in [3.05, 3.63) is 40.2 Å². The van der Waals surface area contributed by atoms with E-state index in [0.717, 1.165) is 17.1 Å². The van der Waals surface area contributed by atoms with E-state index in [0.29, 0.717) is 0 Å². The van der Waals surface area contributed by atoms with Crippen LogP contribution >= 0.6 is 11.3 Å². The molecule has 0 unspecified atom stereocenters. The topological polar surface area (TPSA) is 96.3 Å². The van der Waals surface area contributed by atoms with Crippen LogP contribution in [0.3, 0.4) is 0 Å². The van der Waals surface area contributed by atoms with Crippen LogP contribution in [0.2, 0.25) is 0 Å². The lowest BCUT2D eigenvalue weighted by molar-refractivity contribution is -0.121. The molecule has 0 aromatic carbocycles. The van der Waals surface area contributed by atoms with Crippen LogP contribution in [-0.4, -0.2) is 23.3 Å². The first kappa shape index (κ1) is 16.2. The van der Waals surface area contributed by atoms with Crippen LogP contribution in [0.15, 0.2) is 28.2 Å². The molecular formula is C14H18N4O3S. The lowest BCUT2D eigenvalue weighted by Gasteiger charge is -2.11. The normalized spacial score (nSPS) is 11.9. The van der Waals surface area contributed by atoms with Gasteiger partial charge in [0.25, 0.3) is 5.91 Å². The van der Waals surface area contributed by atoms with Gasteiger partial charge in [-0.1, -0.05) is 6.92 Å². The van der Waals surface area contributed by atoms with Crippen molar-refractivity contribution < 1.29 is 14.0 Å². The number of amides is 2. The Kier molecular flexibility index (Phi) is 5.68. The Morgan fingerprint density at radius 1 is 1.41 bits per heavy atom. The van der Waals surface area contributed by atoms with E-state index in [1.165, 1.54) is 12.3 Å². The van der Waals surface area contributed by atoms with Crippen molar-refractivity contribution in [2.24, 2.45) is 0 Å². The zero-order valence-electron chi connectivity index (χ0n) is 12.4. The molecule has 0 saturated carbocycles. The van der Waals surface area contributed by atoms with E-state index in [-0.39, 0.29) is 24.3 Å². The van der Waals surface area contributed by atoms with Gasteiger partial charge in [-0.05, 0) is 25.5 Å². The highest BCUT2D eigenvalue weighted by Gasteiger charge is 2.12. The summed E-state index contributed by atoms with van der Waals surface area (Å²) in [5.74, 6) is -0.715. The predicted octanol–water partition coefficient (Wildman–Crippen LogP) is 1.41. The number of carbonyl (C=O) groups excluding carboxylic acids is 2. The molecule has 2 heterocycles. The van der Waals surface area contributed by atoms with E-state index in [4.69, 9.17) is 4.42 Å². The number of carbonyl (C=O) groups is 2. The molecule has 118 valence electrons. The number of hydrogen-bond donors (Lipinski definition) is 3. The van der Waals surface area contributed by atoms with Gasteiger partial charge in [0, 0.05) is 11.4 Å². The first-order valence-corrected chi connectivity index (χ1v) is 7.78. The number of nitrogens with zero attached hydrogens (tertiary/aromatic N) is 1. The number of hydrogen-bond acceptors (Lipinski definition) is 6. The van der Waals surface area contributed by atoms with E-state index in [2.05, 4.69) is 28.1 Å². The van der Waals surface area contributed by atoms with Crippen LogP contribution in [0, 0.1) is 0 Å². The molecule has 0 aliphatic heterocycles. The van der Waals surface area contributed by atoms with Crippen molar-refractivity contribution in [3.8, 4) is 0 Å². The van der Waals surface area contributed by atoms with Crippen molar-refractivity contribution >= 4 is 23.2 Å². The molecule has 2 rings (SSSR count). The summed E-state index contributed by atoms with van der Waals surface area (Å²) < 4.78 is 4.91. The third kappa shape index (κ3) is 4.40. The molecule has 8 heteroatoms. The lowest BCUT2D eigenvalue weighted by Crippen LogP contribution is -2.45. The number of hydrazine groups is 1. The minimum absolute atomic E-state index is 0.0388. The van der Waals surface area contributed by atoms with Crippen LogP contribution in [-0.2, 0) is 11.2 Å². The summed E-state index contributed by atoms with van der Waals surface area (Å²) in [4.78, 5) is 27.7. The summed E-state index contributed by atoms with van der Waals surface area (Å²) in [7, 11) is 0. The van der Waals surface area contributed by atoms with Crippen LogP contribution in [0.25, 0.3) is 0 Å². The Morgan fingerprint density at radius 3 is 2.86 bits per heavy atom. The third-order valence-corrected chi connectivity index (χ3v) is 3.96. The molecule has 0 aliphatic rings. The predicted molar refractivity (Wildman–Crippen MR) is 82.2 cm³/mol. The average Bonchev–Trinajstić information content (AvgIpc) is 3.20. The summed E-state index contributed by atoms with van der Waals surface area (Å²) in [5.41, 5.74) is 5.50. The first-order valence-electron chi connectivity index (χ1n) is 6.90. The molecule has 0 bridgehead atoms. The molecule has 0 saturated heterocycles. The van der Waals surface area contributed by atoms with E-state index < -0.39 is 5.91 Å². The van der Waals surface area contributed by atoms with Crippen molar-refractivity contribution in [1.82, 2.24) is 21.2 Å². The monoisotopic (exact) mass is 322 g/mol. The standard InChI is InChI=1S/C14H18N4O3S/c1-3-13-16-10(8-22-13)9(2)15-7-12(19)17-18-14(20)11-5-4-6-21-11/h4-6,8-9,15H,3,7H2,1-2H3,(H,17,19)(H,18,20)/t9-/m0/s1. The van der Waals surface area contributed by atoms with Gasteiger partial charge in [-0.2, -0.15) is 0 Å². The molecule has 0 spiro atoms. The van der Waals surface area contributed by atoms with Gasteiger partial charge in [0.2, 0.25) is 0 Å². The fraction of sp³-hybridized carbons (Fsp3) is 0.357. The highest BCUT2D eigenvalue weighted by molar-refractivity contribution is 7.09. The molecule has 7 nitrogen and oxygen atoms in total. The fourth-order valence-electron chi connectivity index (χ4n) is 1.68. The molecular weight excluding hydrogens is 304 g/mol. The van der Waals surface area contributed by atoms with Crippen LogP contribution in [0.4, 0.5) is 0 Å². The van der Waals surface area contributed by atoms with Crippen LogP contribution in [0.5, 0.6) is 0 Å². The van der Waals surface area contributed by atoms with E-state index >= 15 is 0 Å². The van der Waals surface area contributed by atoms with Crippen LogP contribution in [0.1, 0.15) is 41.1 Å². The van der Waals surface area contributed by atoms with Gasteiger partial charge >= 0.3 is 5.91 Å². The van der Waals surface area contributed by atoms with Crippen LogP contribution < -0.4 is 16.2 Å². The zero-order valence-corrected chi connectivity index (χ0v) is 13.2. The maximum atomic E-state index is 11.7. The minimum Gasteiger partial charge on any atom is -0.459 e. The van der Waals surface area contributed by atoms with E-state index in [1.807, 2.05) is 12.3 Å². The SMILES string of the molecule is CCc1nc([C@H](C)NCC(=O)NNC(=O)c2ccco2)cs1. The van der Waals surface area contributed by atoms with Gasteiger partial charge < -0.3 is 9.73 Å². The van der Waals surface area contributed by atoms with Gasteiger partial charge in [-0.15, -0.1) is 11.3 Å². The van der Waals surface area contributed by atoms with Gasteiger partial charge in [-0.25, -0.2) is 4.98 Å². The molecule has 0 radical (unpaired) electrons. The Bertz CT molecular complexity index is 624. The summed E-state index contributed by atoms with van der Waals surface area (Å²) in [6.07, 6.45) is 2.29. The van der Waals surface area contributed by atoms with Gasteiger partial charge in [0.1, 0.15) is 0 Å². The summed E-state index contributed by atoms with van der Waals surface area (Å²) in [6.45, 7) is 4.05.